The summed E-state index contributed by atoms with van der Waals surface area (Å²) in [6.45, 7) is 4.43. The fraction of sp³-hybridized carbons (Fsp3) is 0.167. The number of carbonyl (C=O) groups is 1. The minimum absolute atomic E-state index is 0.581. The van der Waals surface area contributed by atoms with E-state index in [9.17, 15) is 4.79 Å². The van der Waals surface area contributed by atoms with Crippen LogP contribution >= 0.6 is 11.6 Å². The van der Waals surface area contributed by atoms with Gasteiger partial charge in [0, 0.05) is 11.1 Å². The Kier molecular flexibility index (Phi) is 5.23. The average Bonchev–Trinajstić information content (AvgIpc) is 2.45. The highest BCUT2D eigenvalue weighted by Gasteiger charge is 2.09. The molecule has 2 aromatic carbocycles. The van der Waals surface area contributed by atoms with Gasteiger partial charge in [-0.1, -0.05) is 29.8 Å². The number of ether oxygens (including phenoxy) is 1. The van der Waals surface area contributed by atoms with Crippen LogP contribution in [-0.4, -0.2) is 17.7 Å². The molecule has 0 saturated heterocycles. The first kappa shape index (κ1) is 16.1. The molecular weight excluding hydrogens is 300 g/mol. The van der Waals surface area contributed by atoms with Crippen molar-refractivity contribution in [2.75, 3.05) is 6.61 Å². The number of aryl methyl sites for hydroxylation is 1. The minimum atomic E-state index is -0.999. The molecule has 2 aromatic rings. The standard InChI is InChI=1S/C18H17ClO3/c1-3-22-16-6-4-13(5-7-16)17(11-18(20)21)14-8-12(2)9-15(19)10-14/h4-11H,3H2,1-2H3,(H,20,21)/b17-11-. The van der Waals surface area contributed by atoms with Gasteiger partial charge in [0.15, 0.2) is 0 Å². The van der Waals surface area contributed by atoms with E-state index in [2.05, 4.69) is 0 Å². The SMILES string of the molecule is CCOc1ccc(/C(=C/C(=O)O)c2cc(C)cc(Cl)c2)cc1. The van der Waals surface area contributed by atoms with Gasteiger partial charge >= 0.3 is 5.97 Å². The van der Waals surface area contributed by atoms with Crippen LogP contribution in [0.2, 0.25) is 5.02 Å². The topological polar surface area (TPSA) is 46.5 Å². The van der Waals surface area contributed by atoms with Gasteiger partial charge in [0.2, 0.25) is 0 Å². The fourth-order valence-electron chi connectivity index (χ4n) is 2.25. The molecule has 1 N–H and O–H groups in total. The molecule has 0 aromatic heterocycles. The molecular formula is C18H17ClO3. The second kappa shape index (κ2) is 7.14. The molecule has 3 nitrogen and oxygen atoms in total. The Morgan fingerprint density at radius 3 is 2.41 bits per heavy atom. The van der Waals surface area contributed by atoms with Crippen molar-refractivity contribution in [3.63, 3.8) is 0 Å². The van der Waals surface area contributed by atoms with Gasteiger partial charge < -0.3 is 9.84 Å². The highest BCUT2D eigenvalue weighted by molar-refractivity contribution is 6.30. The molecule has 0 spiro atoms. The zero-order valence-electron chi connectivity index (χ0n) is 12.5. The zero-order valence-corrected chi connectivity index (χ0v) is 13.2. The molecule has 0 heterocycles. The van der Waals surface area contributed by atoms with Gasteiger partial charge in [-0.3, -0.25) is 0 Å². The van der Waals surface area contributed by atoms with Gasteiger partial charge in [-0.2, -0.15) is 0 Å². The van der Waals surface area contributed by atoms with Crippen LogP contribution in [0.1, 0.15) is 23.6 Å². The molecule has 2 rings (SSSR count). The van der Waals surface area contributed by atoms with Crippen molar-refractivity contribution >= 4 is 23.1 Å². The van der Waals surface area contributed by atoms with Crippen molar-refractivity contribution in [3.05, 3.63) is 70.3 Å². The molecule has 0 fully saturated rings. The smallest absolute Gasteiger partial charge is 0.328 e. The number of aliphatic carboxylic acids is 1. The van der Waals surface area contributed by atoms with Crippen LogP contribution in [0.3, 0.4) is 0 Å². The third-order valence-electron chi connectivity index (χ3n) is 3.10. The van der Waals surface area contributed by atoms with Gasteiger partial charge in [0.05, 0.1) is 6.61 Å². The van der Waals surface area contributed by atoms with E-state index in [1.165, 1.54) is 6.08 Å². The first-order valence-corrected chi connectivity index (χ1v) is 7.33. The first-order valence-electron chi connectivity index (χ1n) is 6.95. The van der Waals surface area contributed by atoms with E-state index in [-0.39, 0.29) is 0 Å². The van der Waals surface area contributed by atoms with E-state index in [0.717, 1.165) is 22.4 Å². The Morgan fingerprint density at radius 1 is 1.18 bits per heavy atom. The number of rotatable bonds is 5. The van der Waals surface area contributed by atoms with Crippen LogP contribution in [-0.2, 0) is 4.79 Å². The van der Waals surface area contributed by atoms with Gasteiger partial charge in [-0.15, -0.1) is 0 Å². The number of carboxylic acids is 1. The van der Waals surface area contributed by atoms with Crippen molar-refractivity contribution in [1.29, 1.82) is 0 Å². The van der Waals surface area contributed by atoms with Crippen LogP contribution in [0, 0.1) is 6.92 Å². The van der Waals surface area contributed by atoms with E-state index in [1.54, 1.807) is 6.07 Å². The molecule has 0 bridgehead atoms. The van der Waals surface area contributed by atoms with Gasteiger partial charge in [0.25, 0.3) is 0 Å². The number of halogens is 1. The summed E-state index contributed by atoms with van der Waals surface area (Å²) in [6, 6.07) is 12.8. The van der Waals surface area contributed by atoms with E-state index in [1.807, 2.05) is 50.2 Å². The molecule has 0 atom stereocenters. The summed E-state index contributed by atoms with van der Waals surface area (Å²) >= 11 is 6.09. The molecule has 114 valence electrons. The van der Waals surface area contributed by atoms with Crippen LogP contribution in [0.15, 0.2) is 48.5 Å². The van der Waals surface area contributed by atoms with Crippen molar-refractivity contribution in [2.24, 2.45) is 0 Å². The Labute approximate surface area is 134 Å². The lowest BCUT2D eigenvalue weighted by Crippen LogP contribution is -1.96. The van der Waals surface area contributed by atoms with E-state index in [4.69, 9.17) is 21.4 Å². The van der Waals surface area contributed by atoms with E-state index < -0.39 is 5.97 Å². The highest BCUT2D eigenvalue weighted by atomic mass is 35.5. The molecule has 0 radical (unpaired) electrons. The second-order valence-corrected chi connectivity index (χ2v) is 5.31. The van der Waals surface area contributed by atoms with Gasteiger partial charge in [-0.05, 0) is 60.4 Å². The monoisotopic (exact) mass is 316 g/mol. The lowest BCUT2D eigenvalue weighted by molar-refractivity contribution is -0.131. The molecule has 0 aliphatic rings. The quantitative estimate of drug-likeness (QED) is 0.822. The molecule has 0 saturated carbocycles. The lowest BCUT2D eigenvalue weighted by atomic mass is 9.96. The molecule has 4 heteroatoms. The summed E-state index contributed by atoms with van der Waals surface area (Å²) in [6.07, 6.45) is 1.20. The number of benzene rings is 2. The Morgan fingerprint density at radius 2 is 1.86 bits per heavy atom. The summed E-state index contributed by atoms with van der Waals surface area (Å²) < 4.78 is 5.41. The van der Waals surface area contributed by atoms with Crippen LogP contribution in [0.5, 0.6) is 5.75 Å². The largest absolute Gasteiger partial charge is 0.494 e. The maximum absolute atomic E-state index is 11.2. The number of hydrogen-bond acceptors (Lipinski definition) is 2. The Balaban J connectivity index is 2.48. The lowest BCUT2D eigenvalue weighted by Gasteiger charge is -2.11. The summed E-state index contributed by atoms with van der Waals surface area (Å²) in [7, 11) is 0. The maximum Gasteiger partial charge on any atom is 0.328 e. The average molecular weight is 317 g/mol. The predicted molar refractivity (Wildman–Crippen MR) is 88.5 cm³/mol. The third kappa shape index (κ3) is 4.12. The van der Waals surface area contributed by atoms with Crippen molar-refractivity contribution in [3.8, 4) is 5.75 Å². The fourth-order valence-corrected chi connectivity index (χ4v) is 2.54. The van der Waals surface area contributed by atoms with Crippen molar-refractivity contribution in [2.45, 2.75) is 13.8 Å². The maximum atomic E-state index is 11.2. The normalized spacial score (nSPS) is 11.3. The summed E-state index contributed by atoms with van der Waals surface area (Å²) in [5.74, 6) is -0.246. The highest BCUT2D eigenvalue weighted by Crippen LogP contribution is 2.28. The molecule has 0 unspecified atom stereocenters. The summed E-state index contributed by atoms with van der Waals surface area (Å²) in [4.78, 5) is 11.2. The molecule has 0 aliphatic heterocycles. The third-order valence-corrected chi connectivity index (χ3v) is 3.32. The predicted octanol–water partition coefficient (Wildman–Crippen LogP) is 4.56. The van der Waals surface area contributed by atoms with Crippen molar-refractivity contribution < 1.29 is 14.6 Å². The summed E-state index contributed by atoms with van der Waals surface area (Å²) in [5.41, 5.74) is 3.16. The van der Waals surface area contributed by atoms with E-state index in [0.29, 0.717) is 17.2 Å². The summed E-state index contributed by atoms with van der Waals surface area (Å²) in [5, 5.41) is 9.73. The number of hydrogen-bond donors (Lipinski definition) is 1. The van der Waals surface area contributed by atoms with Crippen LogP contribution in [0.4, 0.5) is 0 Å². The zero-order chi connectivity index (χ0) is 16.1. The van der Waals surface area contributed by atoms with Crippen LogP contribution in [0.25, 0.3) is 5.57 Å². The van der Waals surface area contributed by atoms with E-state index >= 15 is 0 Å². The Bertz CT molecular complexity index is 683. The van der Waals surface area contributed by atoms with Gasteiger partial charge in [0.1, 0.15) is 5.75 Å². The van der Waals surface area contributed by atoms with Crippen molar-refractivity contribution in [1.82, 2.24) is 0 Å². The molecule has 0 amide bonds. The second-order valence-electron chi connectivity index (χ2n) is 4.87. The molecule has 0 aliphatic carbocycles. The minimum Gasteiger partial charge on any atom is -0.494 e. The van der Waals surface area contributed by atoms with Crippen LogP contribution < -0.4 is 4.74 Å². The Hall–Kier alpha value is -2.26. The first-order chi connectivity index (χ1) is 10.5. The van der Waals surface area contributed by atoms with Gasteiger partial charge in [-0.25, -0.2) is 4.79 Å². The number of carboxylic acid groups (broad SMARTS) is 1. The molecule has 22 heavy (non-hydrogen) atoms.